The SMILES string of the molecule is CC(C)(C)OC(=O)Nc1cc(CCN)cc(C(F)(F)F)c1. The van der Waals surface area contributed by atoms with E-state index < -0.39 is 23.4 Å². The van der Waals surface area contributed by atoms with E-state index in [0.717, 1.165) is 12.1 Å². The zero-order chi connectivity index (χ0) is 16.3. The average molecular weight is 304 g/mol. The molecule has 0 aliphatic carbocycles. The van der Waals surface area contributed by atoms with Crippen LogP contribution >= 0.6 is 0 Å². The molecular formula is C14H19F3N2O2. The number of anilines is 1. The van der Waals surface area contributed by atoms with Crippen LogP contribution in [0, 0.1) is 0 Å². The van der Waals surface area contributed by atoms with Crippen LogP contribution in [0.3, 0.4) is 0 Å². The molecule has 0 saturated carbocycles. The number of ether oxygens (including phenoxy) is 1. The molecule has 0 aliphatic heterocycles. The number of hydrogen-bond acceptors (Lipinski definition) is 3. The molecule has 0 atom stereocenters. The van der Waals surface area contributed by atoms with Crippen molar-refractivity contribution in [1.82, 2.24) is 0 Å². The largest absolute Gasteiger partial charge is 0.444 e. The first-order chi connectivity index (χ1) is 9.51. The lowest BCUT2D eigenvalue weighted by Gasteiger charge is -2.20. The number of amides is 1. The highest BCUT2D eigenvalue weighted by Gasteiger charge is 2.31. The zero-order valence-electron chi connectivity index (χ0n) is 12.2. The van der Waals surface area contributed by atoms with E-state index >= 15 is 0 Å². The Morgan fingerprint density at radius 3 is 2.33 bits per heavy atom. The van der Waals surface area contributed by atoms with Gasteiger partial charge in [0, 0.05) is 5.69 Å². The minimum absolute atomic E-state index is 0.0301. The maximum atomic E-state index is 12.8. The molecule has 0 aromatic heterocycles. The van der Waals surface area contributed by atoms with Gasteiger partial charge < -0.3 is 10.5 Å². The van der Waals surface area contributed by atoms with Crippen molar-refractivity contribution in [3.05, 3.63) is 29.3 Å². The van der Waals surface area contributed by atoms with Gasteiger partial charge in [-0.15, -0.1) is 0 Å². The Labute approximate surface area is 121 Å². The third-order valence-electron chi connectivity index (χ3n) is 2.40. The monoisotopic (exact) mass is 304 g/mol. The van der Waals surface area contributed by atoms with Crippen LogP contribution in [0.2, 0.25) is 0 Å². The van der Waals surface area contributed by atoms with Gasteiger partial charge in [0.2, 0.25) is 0 Å². The van der Waals surface area contributed by atoms with E-state index in [9.17, 15) is 18.0 Å². The van der Waals surface area contributed by atoms with Crippen LogP contribution in [-0.2, 0) is 17.3 Å². The fraction of sp³-hybridized carbons (Fsp3) is 0.500. The standard InChI is InChI=1S/C14H19F3N2O2/c1-13(2,3)21-12(20)19-11-7-9(4-5-18)6-10(8-11)14(15,16)17/h6-8H,4-5,18H2,1-3H3,(H,19,20). The number of nitrogens with two attached hydrogens (primary N) is 1. The fourth-order valence-electron chi connectivity index (χ4n) is 1.66. The highest BCUT2D eigenvalue weighted by Crippen LogP contribution is 2.32. The van der Waals surface area contributed by atoms with Gasteiger partial charge in [0.15, 0.2) is 0 Å². The number of benzene rings is 1. The summed E-state index contributed by atoms with van der Waals surface area (Å²) in [5, 5.41) is 2.31. The summed E-state index contributed by atoms with van der Waals surface area (Å²) in [4.78, 5) is 11.6. The molecule has 0 saturated heterocycles. The summed E-state index contributed by atoms with van der Waals surface area (Å²) in [6.07, 6.45) is -5.01. The summed E-state index contributed by atoms with van der Waals surface area (Å²) in [6, 6.07) is 3.34. The van der Waals surface area contributed by atoms with Crippen molar-refractivity contribution in [1.29, 1.82) is 0 Å². The second kappa shape index (κ2) is 6.34. The Balaban J connectivity index is 3.00. The Hall–Kier alpha value is -1.76. The highest BCUT2D eigenvalue weighted by molar-refractivity contribution is 5.85. The maximum Gasteiger partial charge on any atom is 0.416 e. The van der Waals surface area contributed by atoms with Crippen molar-refractivity contribution in [2.75, 3.05) is 11.9 Å². The van der Waals surface area contributed by atoms with Crippen molar-refractivity contribution in [3.63, 3.8) is 0 Å². The van der Waals surface area contributed by atoms with Crippen LogP contribution in [-0.4, -0.2) is 18.2 Å². The van der Waals surface area contributed by atoms with E-state index in [0.29, 0.717) is 5.56 Å². The van der Waals surface area contributed by atoms with E-state index in [-0.39, 0.29) is 18.7 Å². The molecule has 118 valence electrons. The fourth-order valence-corrected chi connectivity index (χ4v) is 1.66. The molecule has 0 aliphatic rings. The lowest BCUT2D eigenvalue weighted by molar-refractivity contribution is -0.137. The number of carbonyl (C=O) groups is 1. The highest BCUT2D eigenvalue weighted by atomic mass is 19.4. The van der Waals surface area contributed by atoms with Crippen LogP contribution in [0.4, 0.5) is 23.7 Å². The van der Waals surface area contributed by atoms with E-state index in [1.165, 1.54) is 6.07 Å². The number of alkyl halides is 3. The summed E-state index contributed by atoms with van der Waals surface area (Å²) >= 11 is 0. The molecule has 4 nitrogen and oxygen atoms in total. The number of carbonyl (C=O) groups excluding carboxylic acids is 1. The molecule has 21 heavy (non-hydrogen) atoms. The second-order valence-corrected chi connectivity index (χ2v) is 5.58. The molecule has 1 rings (SSSR count). The molecular weight excluding hydrogens is 285 g/mol. The summed E-state index contributed by atoms with van der Waals surface area (Å²) < 4.78 is 43.5. The Kier molecular flexibility index (Phi) is 5.22. The van der Waals surface area contributed by atoms with Crippen molar-refractivity contribution in [3.8, 4) is 0 Å². The number of nitrogens with one attached hydrogen (secondary N) is 1. The Morgan fingerprint density at radius 1 is 1.24 bits per heavy atom. The molecule has 0 radical (unpaired) electrons. The average Bonchev–Trinajstić information content (AvgIpc) is 2.24. The Morgan fingerprint density at radius 2 is 1.86 bits per heavy atom. The van der Waals surface area contributed by atoms with Gasteiger partial charge in [-0.1, -0.05) is 0 Å². The lowest BCUT2D eigenvalue weighted by atomic mass is 10.1. The predicted molar refractivity (Wildman–Crippen MR) is 74.1 cm³/mol. The number of hydrogen-bond donors (Lipinski definition) is 2. The van der Waals surface area contributed by atoms with Crippen molar-refractivity contribution < 1.29 is 22.7 Å². The minimum atomic E-state index is -4.49. The van der Waals surface area contributed by atoms with Gasteiger partial charge in [0.05, 0.1) is 5.56 Å². The first kappa shape index (κ1) is 17.3. The lowest BCUT2D eigenvalue weighted by Crippen LogP contribution is -2.27. The van der Waals surface area contributed by atoms with E-state index in [1.54, 1.807) is 20.8 Å². The maximum absolute atomic E-state index is 12.8. The summed E-state index contributed by atoms with van der Waals surface area (Å²) in [7, 11) is 0. The molecule has 0 fully saturated rings. The molecule has 1 aromatic carbocycles. The zero-order valence-corrected chi connectivity index (χ0v) is 12.2. The third-order valence-corrected chi connectivity index (χ3v) is 2.40. The molecule has 3 N–H and O–H groups in total. The Bertz CT molecular complexity index is 508. The van der Waals surface area contributed by atoms with Crippen LogP contribution in [0.25, 0.3) is 0 Å². The van der Waals surface area contributed by atoms with Crippen molar-refractivity contribution in [2.24, 2.45) is 5.73 Å². The number of halogens is 3. The van der Waals surface area contributed by atoms with Gasteiger partial charge in [0.25, 0.3) is 0 Å². The van der Waals surface area contributed by atoms with Gasteiger partial charge in [-0.2, -0.15) is 13.2 Å². The first-order valence-electron chi connectivity index (χ1n) is 6.42. The molecule has 7 heteroatoms. The quantitative estimate of drug-likeness (QED) is 0.897. The van der Waals surface area contributed by atoms with Gasteiger partial charge in [-0.25, -0.2) is 4.79 Å². The second-order valence-electron chi connectivity index (χ2n) is 5.58. The van der Waals surface area contributed by atoms with Crippen LogP contribution < -0.4 is 11.1 Å². The topological polar surface area (TPSA) is 64.3 Å². The number of rotatable bonds is 3. The molecule has 1 amide bonds. The summed E-state index contributed by atoms with van der Waals surface area (Å²) in [5.74, 6) is 0. The van der Waals surface area contributed by atoms with Crippen LogP contribution in [0.15, 0.2) is 18.2 Å². The van der Waals surface area contributed by atoms with Crippen LogP contribution in [0.1, 0.15) is 31.9 Å². The van der Waals surface area contributed by atoms with Gasteiger partial charge in [0.1, 0.15) is 5.60 Å². The smallest absolute Gasteiger partial charge is 0.416 e. The normalized spacial score (nSPS) is 12.1. The minimum Gasteiger partial charge on any atom is -0.444 e. The third kappa shape index (κ3) is 6.03. The van der Waals surface area contributed by atoms with Crippen molar-refractivity contribution in [2.45, 2.75) is 39.0 Å². The van der Waals surface area contributed by atoms with Gasteiger partial charge in [-0.05, 0) is 57.5 Å². The van der Waals surface area contributed by atoms with Gasteiger partial charge in [-0.3, -0.25) is 5.32 Å². The molecule has 0 spiro atoms. The van der Waals surface area contributed by atoms with E-state index in [2.05, 4.69) is 5.32 Å². The first-order valence-corrected chi connectivity index (χ1v) is 6.42. The van der Waals surface area contributed by atoms with E-state index in [1.807, 2.05) is 0 Å². The molecule has 0 unspecified atom stereocenters. The molecule has 0 bridgehead atoms. The van der Waals surface area contributed by atoms with Gasteiger partial charge >= 0.3 is 12.3 Å². The van der Waals surface area contributed by atoms with Crippen LogP contribution in [0.5, 0.6) is 0 Å². The summed E-state index contributed by atoms with van der Waals surface area (Å²) in [5.41, 5.74) is 4.23. The predicted octanol–water partition coefficient (Wildman–Crippen LogP) is 3.55. The molecule has 1 aromatic rings. The van der Waals surface area contributed by atoms with E-state index in [4.69, 9.17) is 10.5 Å². The summed E-state index contributed by atoms with van der Waals surface area (Å²) in [6.45, 7) is 5.21. The van der Waals surface area contributed by atoms with Crippen molar-refractivity contribution >= 4 is 11.8 Å². The molecule has 0 heterocycles.